The van der Waals surface area contributed by atoms with Crippen LogP contribution in [0.1, 0.15) is 5.56 Å². The van der Waals surface area contributed by atoms with Gasteiger partial charge in [0, 0.05) is 0 Å². The Morgan fingerprint density at radius 1 is 1.58 bits per heavy atom. The Balaban J connectivity index is 2.84. The van der Waals surface area contributed by atoms with Gasteiger partial charge in [-0.25, -0.2) is 4.98 Å². The van der Waals surface area contributed by atoms with Gasteiger partial charge in [0.05, 0.1) is 15.8 Å². The largest absolute Gasteiger partial charge is 0.240 e. The molecule has 0 spiro atoms. The Morgan fingerprint density at radius 2 is 2.42 bits per heavy atom. The highest BCUT2D eigenvalue weighted by molar-refractivity contribution is 14.1. The Morgan fingerprint density at radius 3 is 3.17 bits per heavy atom. The number of thiophene rings is 1. The van der Waals surface area contributed by atoms with Crippen molar-refractivity contribution in [2.45, 2.75) is 0 Å². The van der Waals surface area contributed by atoms with Crippen LogP contribution in [-0.4, -0.2) is 4.98 Å². The number of nitriles is 1. The molecule has 2 nitrogen and oxygen atoms in total. The van der Waals surface area contributed by atoms with Gasteiger partial charge < -0.3 is 0 Å². The molecule has 0 N–H and O–H groups in total. The molecule has 0 aliphatic heterocycles. The van der Waals surface area contributed by atoms with Crippen LogP contribution in [0.4, 0.5) is 0 Å². The maximum absolute atomic E-state index is 8.73. The van der Waals surface area contributed by atoms with Crippen molar-refractivity contribution in [2.75, 3.05) is 0 Å². The second kappa shape index (κ2) is 2.99. The number of rotatable bonds is 0. The number of halogens is 1. The van der Waals surface area contributed by atoms with Crippen LogP contribution in [0.2, 0.25) is 0 Å². The third-order valence-corrected chi connectivity index (χ3v) is 3.19. The molecule has 2 heterocycles. The lowest BCUT2D eigenvalue weighted by Gasteiger charge is -1.93. The first kappa shape index (κ1) is 7.95. The summed E-state index contributed by atoms with van der Waals surface area (Å²) in [6.45, 7) is 0. The van der Waals surface area contributed by atoms with Crippen LogP contribution < -0.4 is 0 Å². The molecule has 58 valence electrons. The minimum Gasteiger partial charge on any atom is -0.240 e. The lowest BCUT2D eigenvalue weighted by atomic mass is 10.3. The van der Waals surface area contributed by atoms with Crippen LogP contribution in [-0.2, 0) is 0 Å². The molecule has 0 fully saturated rings. The van der Waals surface area contributed by atoms with Crippen molar-refractivity contribution in [3.8, 4) is 6.07 Å². The van der Waals surface area contributed by atoms with Crippen LogP contribution in [0.15, 0.2) is 17.5 Å². The molecule has 0 unspecified atom stereocenters. The molecule has 2 aromatic heterocycles. The van der Waals surface area contributed by atoms with Gasteiger partial charge in [0.25, 0.3) is 0 Å². The number of pyridine rings is 1. The van der Waals surface area contributed by atoms with Crippen LogP contribution in [0.3, 0.4) is 0 Å². The van der Waals surface area contributed by atoms with Crippen molar-refractivity contribution in [3.63, 3.8) is 0 Å². The SMILES string of the molecule is N#Cc1cc2sccc2nc1I. The summed E-state index contributed by atoms with van der Waals surface area (Å²) in [6.07, 6.45) is 0. The summed E-state index contributed by atoms with van der Waals surface area (Å²) in [5.74, 6) is 0. The third kappa shape index (κ3) is 1.19. The van der Waals surface area contributed by atoms with Crippen molar-refractivity contribution >= 4 is 44.1 Å². The van der Waals surface area contributed by atoms with E-state index in [4.69, 9.17) is 5.26 Å². The Hall–Kier alpha value is -0.670. The monoisotopic (exact) mass is 286 g/mol. The quantitative estimate of drug-likeness (QED) is 0.551. The van der Waals surface area contributed by atoms with Crippen molar-refractivity contribution in [1.82, 2.24) is 4.98 Å². The van der Waals surface area contributed by atoms with E-state index in [-0.39, 0.29) is 0 Å². The molecule has 0 saturated carbocycles. The zero-order valence-electron chi connectivity index (χ0n) is 5.91. The average Bonchev–Trinajstić information content (AvgIpc) is 2.49. The highest BCUT2D eigenvalue weighted by Crippen LogP contribution is 2.22. The minimum atomic E-state index is 0.658. The third-order valence-electron chi connectivity index (χ3n) is 1.51. The molecule has 0 aliphatic rings. The van der Waals surface area contributed by atoms with E-state index in [2.05, 4.69) is 33.6 Å². The smallest absolute Gasteiger partial charge is 0.119 e. The fourth-order valence-electron chi connectivity index (χ4n) is 0.950. The van der Waals surface area contributed by atoms with E-state index in [0.29, 0.717) is 5.56 Å². The number of hydrogen-bond acceptors (Lipinski definition) is 3. The fourth-order valence-corrected chi connectivity index (χ4v) is 2.25. The summed E-state index contributed by atoms with van der Waals surface area (Å²) < 4.78 is 1.85. The number of nitrogens with zero attached hydrogens (tertiary/aromatic N) is 2. The first-order chi connectivity index (χ1) is 5.81. The summed E-state index contributed by atoms with van der Waals surface area (Å²) in [7, 11) is 0. The molecule has 12 heavy (non-hydrogen) atoms. The van der Waals surface area contributed by atoms with E-state index < -0.39 is 0 Å². The Labute approximate surface area is 87.0 Å². The maximum Gasteiger partial charge on any atom is 0.119 e. The van der Waals surface area contributed by atoms with Crippen LogP contribution in [0, 0.1) is 15.0 Å². The van der Waals surface area contributed by atoms with Gasteiger partial charge in [0.2, 0.25) is 0 Å². The van der Waals surface area contributed by atoms with Crippen molar-refractivity contribution < 1.29 is 0 Å². The molecular formula is C8H3IN2S. The lowest BCUT2D eigenvalue weighted by molar-refractivity contribution is 1.32. The number of hydrogen-bond donors (Lipinski definition) is 0. The summed E-state index contributed by atoms with van der Waals surface area (Å²) in [5.41, 5.74) is 1.63. The summed E-state index contributed by atoms with van der Waals surface area (Å²) in [4.78, 5) is 4.28. The van der Waals surface area contributed by atoms with E-state index in [1.54, 1.807) is 11.3 Å². The van der Waals surface area contributed by atoms with E-state index in [0.717, 1.165) is 13.9 Å². The van der Waals surface area contributed by atoms with Gasteiger partial charge in [-0.2, -0.15) is 5.26 Å². The molecule has 0 saturated heterocycles. The predicted molar refractivity (Wildman–Crippen MR) is 57.1 cm³/mol. The highest BCUT2D eigenvalue weighted by atomic mass is 127. The normalized spacial score (nSPS) is 10.0. The van der Waals surface area contributed by atoms with E-state index >= 15 is 0 Å². The van der Waals surface area contributed by atoms with Gasteiger partial charge >= 0.3 is 0 Å². The van der Waals surface area contributed by atoms with E-state index in [1.807, 2.05) is 17.5 Å². The van der Waals surface area contributed by atoms with Crippen molar-refractivity contribution in [1.29, 1.82) is 5.26 Å². The second-order valence-electron chi connectivity index (χ2n) is 2.24. The van der Waals surface area contributed by atoms with Gasteiger partial charge in [0.1, 0.15) is 9.77 Å². The fraction of sp³-hybridized carbons (Fsp3) is 0. The molecule has 2 aromatic rings. The van der Waals surface area contributed by atoms with Crippen molar-refractivity contribution in [2.24, 2.45) is 0 Å². The van der Waals surface area contributed by atoms with E-state index in [1.165, 1.54) is 0 Å². The molecule has 0 atom stereocenters. The number of aromatic nitrogens is 1. The van der Waals surface area contributed by atoms with Crippen LogP contribution >= 0.6 is 33.9 Å². The Kier molecular flexibility index (Phi) is 1.98. The highest BCUT2D eigenvalue weighted by Gasteiger charge is 2.03. The van der Waals surface area contributed by atoms with Crippen LogP contribution in [0.25, 0.3) is 10.2 Å². The second-order valence-corrected chi connectivity index (χ2v) is 4.21. The summed E-state index contributed by atoms with van der Waals surface area (Å²) in [5, 5.41) is 10.7. The van der Waals surface area contributed by atoms with Gasteiger partial charge in [0.15, 0.2) is 0 Å². The number of fused-ring (bicyclic) bond motifs is 1. The molecule has 0 bridgehead atoms. The minimum absolute atomic E-state index is 0.658. The van der Waals surface area contributed by atoms with Gasteiger partial charge in [-0.1, -0.05) is 0 Å². The maximum atomic E-state index is 8.73. The van der Waals surface area contributed by atoms with Crippen LogP contribution in [0.5, 0.6) is 0 Å². The van der Waals surface area contributed by atoms with E-state index in [9.17, 15) is 0 Å². The zero-order chi connectivity index (χ0) is 8.55. The molecule has 0 amide bonds. The Bertz CT molecular complexity index is 469. The van der Waals surface area contributed by atoms with Gasteiger partial charge in [-0.3, -0.25) is 0 Å². The predicted octanol–water partition coefficient (Wildman–Crippen LogP) is 2.77. The first-order valence-electron chi connectivity index (χ1n) is 3.25. The molecule has 4 heteroatoms. The molecule has 0 aromatic carbocycles. The standard InChI is InChI=1S/C8H3IN2S/c9-8-5(4-10)3-7-6(11-8)1-2-12-7/h1-3H. The zero-order valence-corrected chi connectivity index (χ0v) is 8.89. The molecule has 0 radical (unpaired) electrons. The van der Waals surface area contributed by atoms with Gasteiger partial charge in [-0.15, -0.1) is 11.3 Å². The molecule has 0 aliphatic carbocycles. The molecular weight excluding hydrogens is 283 g/mol. The van der Waals surface area contributed by atoms with Crippen molar-refractivity contribution in [3.05, 3.63) is 26.8 Å². The topological polar surface area (TPSA) is 36.7 Å². The summed E-state index contributed by atoms with van der Waals surface area (Å²) in [6, 6.07) is 5.96. The summed E-state index contributed by atoms with van der Waals surface area (Å²) >= 11 is 3.69. The molecule has 2 rings (SSSR count). The van der Waals surface area contributed by atoms with Gasteiger partial charge in [-0.05, 0) is 40.1 Å². The average molecular weight is 286 g/mol. The lowest BCUT2D eigenvalue weighted by Crippen LogP contribution is -1.85. The first-order valence-corrected chi connectivity index (χ1v) is 5.21.